The van der Waals surface area contributed by atoms with Crippen molar-refractivity contribution in [2.45, 2.75) is 44.1 Å². The van der Waals surface area contributed by atoms with E-state index in [1.54, 1.807) is 0 Å². The Kier molecular flexibility index (Phi) is 6.23. The van der Waals surface area contributed by atoms with E-state index >= 15 is 0 Å². The van der Waals surface area contributed by atoms with E-state index < -0.39 is 35.7 Å². The molecule has 3 aromatic rings. The van der Waals surface area contributed by atoms with Crippen molar-refractivity contribution in [1.29, 1.82) is 0 Å². The molecule has 2 aromatic heterocycles. The van der Waals surface area contributed by atoms with E-state index in [9.17, 15) is 26.3 Å². The smallest absolute Gasteiger partial charge is 0.381 e. The number of alkyl halides is 6. The third kappa shape index (κ3) is 4.87. The van der Waals surface area contributed by atoms with Gasteiger partial charge in [0.05, 0.1) is 6.04 Å². The second-order valence-electron chi connectivity index (χ2n) is 8.92. The maximum Gasteiger partial charge on any atom is 0.433 e. The van der Waals surface area contributed by atoms with Crippen molar-refractivity contribution in [3.63, 3.8) is 0 Å². The van der Waals surface area contributed by atoms with Gasteiger partial charge in [-0.2, -0.15) is 26.3 Å². The SMILES string of the molecule is FC(F)(F)c1cc(C(F)(F)F)nc(N2CCc3c([nH]c4ccc(Br)cc34)[C@@H]2C[C@@H]2CCCOC2)n1. The van der Waals surface area contributed by atoms with Crippen LogP contribution in [-0.2, 0) is 23.5 Å². The highest BCUT2D eigenvalue weighted by Gasteiger charge is 2.42. The van der Waals surface area contributed by atoms with Crippen LogP contribution < -0.4 is 4.90 Å². The first-order valence-electron chi connectivity index (χ1n) is 11.2. The van der Waals surface area contributed by atoms with Gasteiger partial charge in [0.15, 0.2) is 11.4 Å². The lowest BCUT2D eigenvalue weighted by Gasteiger charge is -2.38. The van der Waals surface area contributed by atoms with Crippen LogP contribution in [0.4, 0.5) is 32.3 Å². The molecule has 0 saturated carbocycles. The number of anilines is 1. The fraction of sp³-hybridized carbons (Fsp3) is 0.478. The first kappa shape index (κ1) is 24.4. The number of halogens is 7. The average molecular weight is 563 g/mol. The van der Waals surface area contributed by atoms with Crippen molar-refractivity contribution in [3.05, 3.63) is 51.4 Å². The first-order chi connectivity index (χ1) is 16.5. The molecule has 2 aliphatic rings. The summed E-state index contributed by atoms with van der Waals surface area (Å²) in [5.41, 5.74) is -0.598. The van der Waals surface area contributed by atoms with Gasteiger partial charge >= 0.3 is 12.4 Å². The van der Waals surface area contributed by atoms with Crippen molar-refractivity contribution in [2.24, 2.45) is 5.92 Å². The summed E-state index contributed by atoms with van der Waals surface area (Å²) in [5, 5.41) is 0.972. The third-order valence-corrected chi connectivity index (χ3v) is 7.07. The minimum Gasteiger partial charge on any atom is -0.381 e. The van der Waals surface area contributed by atoms with Crippen LogP contribution in [0.2, 0.25) is 0 Å². The molecule has 12 heteroatoms. The van der Waals surface area contributed by atoms with E-state index in [4.69, 9.17) is 4.74 Å². The van der Waals surface area contributed by atoms with Gasteiger partial charge in [-0.1, -0.05) is 15.9 Å². The number of nitrogens with one attached hydrogen (secondary N) is 1. The highest BCUT2D eigenvalue weighted by Crippen LogP contribution is 2.42. The van der Waals surface area contributed by atoms with Crippen molar-refractivity contribution >= 4 is 32.8 Å². The Morgan fingerprint density at radius 3 is 2.40 bits per heavy atom. The van der Waals surface area contributed by atoms with Crippen LogP contribution >= 0.6 is 15.9 Å². The zero-order valence-corrected chi connectivity index (χ0v) is 19.9. The second-order valence-corrected chi connectivity index (χ2v) is 9.83. The van der Waals surface area contributed by atoms with Gasteiger partial charge in [-0.05, 0) is 61.4 Å². The number of ether oxygens (including phenoxy) is 1. The molecule has 1 saturated heterocycles. The van der Waals surface area contributed by atoms with Crippen LogP contribution in [-0.4, -0.2) is 34.7 Å². The molecule has 0 radical (unpaired) electrons. The first-order valence-corrected chi connectivity index (χ1v) is 12.0. The molecule has 0 unspecified atom stereocenters. The molecule has 1 fully saturated rings. The number of hydrogen-bond acceptors (Lipinski definition) is 4. The van der Waals surface area contributed by atoms with E-state index in [1.807, 2.05) is 18.2 Å². The van der Waals surface area contributed by atoms with Crippen molar-refractivity contribution in [3.8, 4) is 0 Å². The quantitative estimate of drug-likeness (QED) is 0.362. The maximum absolute atomic E-state index is 13.5. The van der Waals surface area contributed by atoms with E-state index in [1.165, 1.54) is 4.90 Å². The minimum atomic E-state index is -5.04. The summed E-state index contributed by atoms with van der Waals surface area (Å²) in [6.45, 7) is 1.31. The van der Waals surface area contributed by atoms with Crippen molar-refractivity contribution in [1.82, 2.24) is 15.0 Å². The standard InChI is InChI=1S/C23H21BrF6N4O/c24-13-3-4-16-15(9-13)14-5-6-34(17(20(14)31-16)8-12-2-1-7-35-11-12)21-32-18(22(25,26)27)10-19(33-21)23(28,29)30/h3-4,9-10,12,17,31H,1-2,5-8,11H2/t12-,17-/m0/s1. The number of H-pyrrole nitrogens is 1. The molecule has 1 N–H and O–H groups in total. The lowest BCUT2D eigenvalue weighted by Crippen LogP contribution is -2.39. The van der Waals surface area contributed by atoms with Crippen LogP contribution in [0.25, 0.3) is 10.9 Å². The zero-order chi connectivity index (χ0) is 25.0. The summed E-state index contributed by atoms with van der Waals surface area (Å²) in [5.74, 6) is -0.465. The predicted molar refractivity (Wildman–Crippen MR) is 120 cm³/mol. The van der Waals surface area contributed by atoms with Gasteiger partial charge < -0.3 is 14.6 Å². The summed E-state index contributed by atoms with van der Waals surface area (Å²) < 4.78 is 87.4. The average Bonchev–Trinajstić information content (AvgIpc) is 3.17. The minimum absolute atomic E-state index is 0.0384. The molecule has 1 aromatic carbocycles. The Morgan fingerprint density at radius 2 is 1.77 bits per heavy atom. The largest absolute Gasteiger partial charge is 0.433 e. The van der Waals surface area contributed by atoms with Crippen molar-refractivity contribution in [2.75, 3.05) is 24.7 Å². The molecule has 2 atom stereocenters. The number of fused-ring (bicyclic) bond motifs is 3. The predicted octanol–water partition coefficient (Wildman–Crippen LogP) is 6.68. The summed E-state index contributed by atoms with van der Waals surface area (Å²) in [6.07, 6.45) is -7.46. The van der Waals surface area contributed by atoms with Gasteiger partial charge in [0.2, 0.25) is 5.95 Å². The number of benzene rings is 1. The Bertz CT molecular complexity index is 1200. The fourth-order valence-electron chi connectivity index (χ4n) is 4.99. The molecule has 0 bridgehead atoms. The van der Waals surface area contributed by atoms with Gasteiger partial charge in [-0.25, -0.2) is 9.97 Å². The Morgan fingerprint density at radius 1 is 1.06 bits per heavy atom. The molecule has 2 aliphatic heterocycles. The molecular weight excluding hydrogens is 542 g/mol. The molecule has 4 heterocycles. The lowest BCUT2D eigenvalue weighted by molar-refractivity contribution is -0.147. The summed E-state index contributed by atoms with van der Waals surface area (Å²) >= 11 is 3.47. The highest BCUT2D eigenvalue weighted by molar-refractivity contribution is 9.10. The Balaban J connectivity index is 1.63. The monoisotopic (exact) mass is 562 g/mol. The molecule has 0 aliphatic carbocycles. The number of aromatic nitrogens is 3. The van der Waals surface area contributed by atoms with Gasteiger partial charge in [-0.15, -0.1) is 0 Å². The summed E-state index contributed by atoms with van der Waals surface area (Å²) in [7, 11) is 0. The molecule has 188 valence electrons. The third-order valence-electron chi connectivity index (χ3n) is 6.58. The van der Waals surface area contributed by atoms with Gasteiger partial charge in [0.1, 0.15) is 0 Å². The molecule has 35 heavy (non-hydrogen) atoms. The highest BCUT2D eigenvalue weighted by atomic mass is 79.9. The van der Waals surface area contributed by atoms with Gasteiger partial charge in [-0.3, -0.25) is 0 Å². The van der Waals surface area contributed by atoms with E-state index in [-0.39, 0.29) is 18.5 Å². The van der Waals surface area contributed by atoms with E-state index in [2.05, 4.69) is 30.9 Å². The van der Waals surface area contributed by atoms with Gasteiger partial charge in [0, 0.05) is 40.8 Å². The van der Waals surface area contributed by atoms with Crippen LogP contribution in [0.1, 0.15) is 47.9 Å². The summed E-state index contributed by atoms with van der Waals surface area (Å²) in [6, 6.07) is 5.16. The fourth-order valence-corrected chi connectivity index (χ4v) is 5.35. The summed E-state index contributed by atoms with van der Waals surface area (Å²) in [4.78, 5) is 12.0. The Hall–Kier alpha value is -2.34. The maximum atomic E-state index is 13.5. The van der Waals surface area contributed by atoms with Crippen LogP contribution in [0.3, 0.4) is 0 Å². The number of aromatic amines is 1. The molecule has 0 amide bonds. The topological polar surface area (TPSA) is 54.0 Å². The molecule has 0 spiro atoms. The zero-order valence-electron chi connectivity index (χ0n) is 18.3. The van der Waals surface area contributed by atoms with E-state index in [0.29, 0.717) is 26.1 Å². The molecule has 5 nitrogen and oxygen atoms in total. The molecule has 5 rings (SSSR count). The number of rotatable bonds is 3. The Labute approximate surface area is 205 Å². The molecular formula is C23H21BrF6N4O. The number of hydrogen-bond donors (Lipinski definition) is 1. The number of nitrogens with zero attached hydrogens (tertiary/aromatic N) is 3. The van der Waals surface area contributed by atoms with E-state index in [0.717, 1.165) is 39.5 Å². The van der Waals surface area contributed by atoms with Crippen LogP contribution in [0, 0.1) is 5.92 Å². The van der Waals surface area contributed by atoms with Crippen LogP contribution in [0.15, 0.2) is 28.7 Å². The van der Waals surface area contributed by atoms with Crippen LogP contribution in [0.5, 0.6) is 0 Å². The van der Waals surface area contributed by atoms with Crippen molar-refractivity contribution < 1.29 is 31.1 Å². The normalized spacial score (nSPS) is 21.4. The van der Waals surface area contributed by atoms with Gasteiger partial charge in [0.25, 0.3) is 0 Å². The second kappa shape index (κ2) is 8.95. The lowest BCUT2D eigenvalue weighted by atomic mass is 9.88.